The summed E-state index contributed by atoms with van der Waals surface area (Å²) in [6, 6.07) is -0.0228. The fourth-order valence-corrected chi connectivity index (χ4v) is 1.56. The van der Waals surface area contributed by atoms with Gasteiger partial charge in [-0.1, -0.05) is 0 Å². The van der Waals surface area contributed by atoms with Crippen LogP contribution in [-0.4, -0.2) is 49.6 Å². The summed E-state index contributed by atoms with van der Waals surface area (Å²) in [7, 11) is 4.04. The molecule has 0 spiro atoms. The Morgan fingerprint density at radius 3 is 2.64 bits per heavy atom. The molecule has 0 aromatic heterocycles. The van der Waals surface area contributed by atoms with Crippen LogP contribution in [0.2, 0.25) is 0 Å². The van der Waals surface area contributed by atoms with Crippen LogP contribution in [0, 0.1) is 0 Å². The Morgan fingerprint density at radius 1 is 1.50 bits per heavy atom. The van der Waals surface area contributed by atoms with Gasteiger partial charge in [0.1, 0.15) is 0 Å². The van der Waals surface area contributed by atoms with Gasteiger partial charge in [-0.25, -0.2) is 0 Å². The molecule has 0 saturated carbocycles. The fraction of sp³-hybridized carbons (Fsp3) is 0.900. The molecular weight excluding hydrogens is 178 g/mol. The zero-order valence-corrected chi connectivity index (χ0v) is 9.55. The second-order valence-corrected chi connectivity index (χ2v) is 4.90. The van der Waals surface area contributed by atoms with Crippen LogP contribution in [0.25, 0.3) is 0 Å². The van der Waals surface area contributed by atoms with E-state index in [9.17, 15) is 4.79 Å². The summed E-state index contributed by atoms with van der Waals surface area (Å²) in [5.74, 6) is 0.128. The molecule has 0 radical (unpaired) electrons. The summed E-state index contributed by atoms with van der Waals surface area (Å²) in [6.07, 6.45) is 0.870. The zero-order valence-electron chi connectivity index (χ0n) is 9.55. The third kappa shape index (κ3) is 3.27. The van der Waals surface area contributed by atoms with Crippen LogP contribution in [0.1, 0.15) is 20.3 Å². The average Bonchev–Trinajstić information content (AvgIpc) is 2.00. The highest BCUT2D eigenvalue weighted by molar-refractivity contribution is 5.83. The number of carbonyl (C=O) groups is 1. The highest BCUT2D eigenvalue weighted by Gasteiger charge is 2.31. The highest BCUT2D eigenvalue weighted by atomic mass is 16.2. The lowest BCUT2D eigenvalue weighted by Crippen LogP contribution is -2.63. The Labute approximate surface area is 86.0 Å². The maximum absolute atomic E-state index is 11.6. The number of amides is 1. The minimum Gasteiger partial charge on any atom is -0.349 e. The first-order chi connectivity index (χ1) is 6.41. The van der Waals surface area contributed by atoms with Crippen LogP contribution in [0.3, 0.4) is 0 Å². The molecule has 1 aliphatic rings. The Hall–Kier alpha value is -0.610. The third-order valence-electron chi connectivity index (χ3n) is 2.43. The second kappa shape index (κ2) is 4.28. The third-order valence-corrected chi connectivity index (χ3v) is 2.43. The maximum atomic E-state index is 11.6. The Bertz CT molecular complexity index is 211. The highest BCUT2D eigenvalue weighted by Crippen LogP contribution is 2.08. The molecule has 1 fully saturated rings. The number of rotatable bonds is 3. The number of hydrogen-bond donors (Lipinski definition) is 2. The predicted molar refractivity (Wildman–Crippen MR) is 57.2 cm³/mol. The number of carbonyl (C=O) groups excluding carboxylic acids is 1. The van der Waals surface area contributed by atoms with Gasteiger partial charge in [-0.05, 0) is 40.9 Å². The number of nitrogens with zero attached hydrogens (tertiary/aromatic N) is 1. The van der Waals surface area contributed by atoms with Crippen molar-refractivity contribution in [1.82, 2.24) is 15.5 Å². The zero-order chi connectivity index (χ0) is 10.8. The van der Waals surface area contributed by atoms with Crippen molar-refractivity contribution in [1.29, 1.82) is 0 Å². The van der Waals surface area contributed by atoms with Gasteiger partial charge in [-0.2, -0.15) is 0 Å². The van der Waals surface area contributed by atoms with Gasteiger partial charge in [0.25, 0.3) is 0 Å². The van der Waals surface area contributed by atoms with Crippen molar-refractivity contribution in [2.24, 2.45) is 0 Å². The first-order valence-corrected chi connectivity index (χ1v) is 5.11. The van der Waals surface area contributed by atoms with Crippen molar-refractivity contribution < 1.29 is 4.79 Å². The SMILES string of the molecule is CN(C)CCC1NCC(C)(C)NC1=O. The summed E-state index contributed by atoms with van der Waals surface area (Å²) >= 11 is 0. The van der Waals surface area contributed by atoms with Crippen molar-refractivity contribution in [3.63, 3.8) is 0 Å². The summed E-state index contributed by atoms with van der Waals surface area (Å²) in [4.78, 5) is 13.7. The minimum absolute atomic E-state index is 0.0228. The molecule has 14 heavy (non-hydrogen) atoms. The van der Waals surface area contributed by atoms with Crippen LogP contribution in [0.4, 0.5) is 0 Å². The van der Waals surface area contributed by atoms with E-state index >= 15 is 0 Å². The van der Waals surface area contributed by atoms with E-state index in [4.69, 9.17) is 0 Å². The Morgan fingerprint density at radius 2 is 2.14 bits per heavy atom. The van der Waals surface area contributed by atoms with E-state index in [2.05, 4.69) is 15.5 Å². The average molecular weight is 199 g/mol. The monoisotopic (exact) mass is 199 g/mol. The van der Waals surface area contributed by atoms with Crippen molar-refractivity contribution in [3.8, 4) is 0 Å². The molecule has 1 heterocycles. The van der Waals surface area contributed by atoms with E-state index < -0.39 is 0 Å². The molecule has 82 valence electrons. The van der Waals surface area contributed by atoms with Gasteiger partial charge in [0.2, 0.25) is 5.91 Å². The lowest BCUT2D eigenvalue weighted by atomic mass is 9.99. The smallest absolute Gasteiger partial charge is 0.237 e. The van der Waals surface area contributed by atoms with Crippen LogP contribution in [0.5, 0.6) is 0 Å². The summed E-state index contributed by atoms with van der Waals surface area (Å²) in [5.41, 5.74) is -0.105. The van der Waals surface area contributed by atoms with Crippen LogP contribution in [-0.2, 0) is 4.79 Å². The topological polar surface area (TPSA) is 44.4 Å². The van der Waals surface area contributed by atoms with E-state index in [1.54, 1.807) is 0 Å². The number of hydrogen-bond acceptors (Lipinski definition) is 3. The van der Waals surface area contributed by atoms with Crippen molar-refractivity contribution >= 4 is 5.91 Å². The van der Waals surface area contributed by atoms with E-state index in [1.165, 1.54) is 0 Å². The van der Waals surface area contributed by atoms with Gasteiger partial charge in [0, 0.05) is 12.1 Å². The summed E-state index contributed by atoms with van der Waals surface area (Å²) in [5, 5.41) is 6.29. The van der Waals surface area contributed by atoms with Gasteiger partial charge < -0.3 is 15.5 Å². The molecule has 4 heteroatoms. The van der Waals surface area contributed by atoms with Gasteiger partial charge in [-0.15, -0.1) is 0 Å². The molecule has 0 bridgehead atoms. The van der Waals surface area contributed by atoms with Gasteiger partial charge in [-0.3, -0.25) is 4.79 Å². The normalized spacial score (nSPS) is 26.4. The number of piperazine rings is 1. The maximum Gasteiger partial charge on any atom is 0.237 e. The lowest BCUT2D eigenvalue weighted by Gasteiger charge is -2.36. The molecule has 0 aromatic carbocycles. The first-order valence-electron chi connectivity index (χ1n) is 5.11. The lowest BCUT2D eigenvalue weighted by molar-refractivity contribution is -0.127. The molecule has 0 aliphatic carbocycles. The fourth-order valence-electron chi connectivity index (χ4n) is 1.56. The van der Waals surface area contributed by atoms with E-state index in [0.29, 0.717) is 0 Å². The molecule has 1 aliphatic heterocycles. The quantitative estimate of drug-likeness (QED) is 0.662. The first kappa shape index (κ1) is 11.5. The van der Waals surface area contributed by atoms with Crippen LogP contribution >= 0.6 is 0 Å². The van der Waals surface area contributed by atoms with Gasteiger partial charge >= 0.3 is 0 Å². The molecular formula is C10H21N3O. The molecule has 1 rings (SSSR count). The molecule has 0 aromatic rings. The summed E-state index contributed by atoms with van der Waals surface area (Å²) < 4.78 is 0. The molecule has 1 amide bonds. The standard InChI is InChI=1S/C10H21N3O/c1-10(2)7-11-8(9(14)12-10)5-6-13(3)4/h8,11H,5-7H2,1-4H3,(H,12,14). The summed E-state index contributed by atoms with van der Waals surface area (Å²) in [6.45, 7) is 5.84. The largest absolute Gasteiger partial charge is 0.349 e. The molecule has 4 nitrogen and oxygen atoms in total. The van der Waals surface area contributed by atoms with Gasteiger partial charge in [0.15, 0.2) is 0 Å². The van der Waals surface area contributed by atoms with Gasteiger partial charge in [0.05, 0.1) is 6.04 Å². The number of nitrogens with one attached hydrogen (secondary N) is 2. The molecule has 2 N–H and O–H groups in total. The minimum atomic E-state index is -0.105. The Balaban J connectivity index is 2.39. The molecule has 1 unspecified atom stereocenters. The van der Waals surface area contributed by atoms with Crippen LogP contribution in [0.15, 0.2) is 0 Å². The van der Waals surface area contributed by atoms with E-state index in [1.807, 2.05) is 27.9 Å². The predicted octanol–water partition coefficient (Wildman–Crippen LogP) is -0.195. The van der Waals surface area contributed by atoms with Crippen LogP contribution < -0.4 is 10.6 Å². The van der Waals surface area contributed by atoms with E-state index in [0.717, 1.165) is 19.5 Å². The Kier molecular flexibility index (Phi) is 3.50. The van der Waals surface area contributed by atoms with E-state index in [-0.39, 0.29) is 17.5 Å². The van der Waals surface area contributed by atoms with Crippen molar-refractivity contribution in [2.75, 3.05) is 27.2 Å². The van der Waals surface area contributed by atoms with Crippen molar-refractivity contribution in [3.05, 3.63) is 0 Å². The molecule has 1 saturated heterocycles. The molecule has 1 atom stereocenters. The van der Waals surface area contributed by atoms with Crippen molar-refractivity contribution in [2.45, 2.75) is 31.8 Å². The second-order valence-electron chi connectivity index (χ2n) is 4.90.